The van der Waals surface area contributed by atoms with Gasteiger partial charge in [0.05, 0.1) is 23.9 Å². The van der Waals surface area contributed by atoms with Gasteiger partial charge in [-0.1, -0.05) is 0 Å². The Morgan fingerprint density at radius 2 is 1.93 bits per heavy atom. The molecule has 27 heavy (non-hydrogen) atoms. The van der Waals surface area contributed by atoms with Crippen LogP contribution in [0.15, 0.2) is 37.1 Å². The van der Waals surface area contributed by atoms with Gasteiger partial charge in [-0.3, -0.25) is 9.78 Å². The minimum atomic E-state index is -0.00672. The van der Waals surface area contributed by atoms with E-state index in [1.807, 2.05) is 23.7 Å². The molecular formula is C20H23N5O2. The highest BCUT2D eigenvalue weighted by Gasteiger charge is 2.26. The van der Waals surface area contributed by atoms with Crippen LogP contribution in [-0.2, 0) is 11.8 Å². The van der Waals surface area contributed by atoms with E-state index in [0.717, 1.165) is 47.8 Å². The first-order chi connectivity index (χ1) is 13.1. The summed E-state index contributed by atoms with van der Waals surface area (Å²) in [6.07, 6.45) is 10.5. The van der Waals surface area contributed by atoms with Crippen LogP contribution < -0.4 is 5.32 Å². The van der Waals surface area contributed by atoms with Crippen molar-refractivity contribution in [1.29, 1.82) is 0 Å². The van der Waals surface area contributed by atoms with Crippen molar-refractivity contribution in [2.45, 2.75) is 25.7 Å². The highest BCUT2D eigenvalue weighted by Crippen LogP contribution is 2.29. The second-order valence-corrected chi connectivity index (χ2v) is 7.27. The zero-order valence-corrected chi connectivity index (χ0v) is 15.3. The standard InChI is InChI=1S/C20H23N5O2/c1-25-12-21-10-18(25)17-6-15-7-19(23-9-16(15)8-22-17)24-20(27)14-4-2-13(11-26)3-5-14/h6-10,12-14,26H,2-5,11H2,1H3,(H,23,24,27)/t13-,14-. The first kappa shape index (κ1) is 17.6. The third-order valence-electron chi connectivity index (χ3n) is 5.41. The predicted molar refractivity (Wildman–Crippen MR) is 103 cm³/mol. The number of carbonyl (C=O) groups excluding carboxylic acids is 1. The van der Waals surface area contributed by atoms with E-state index in [2.05, 4.69) is 20.3 Å². The molecule has 0 aromatic carbocycles. The number of hydrogen-bond donors (Lipinski definition) is 2. The number of aliphatic hydroxyl groups excluding tert-OH is 1. The second-order valence-electron chi connectivity index (χ2n) is 7.27. The first-order valence-electron chi connectivity index (χ1n) is 9.28. The smallest absolute Gasteiger partial charge is 0.228 e. The zero-order chi connectivity index (χ0) is 18.8. The molecule has 0 spiro atoms. The van der Waals surface area contributed by atoms with Crippen molar-refractivity contribution in [3.63, 3.8) is 0 Å². The van der Waals surface area contributed by atoms with Gasteiger partial charge in [-0.15, -0.1) is 0 Å². The highest BCUT2D eigenvalue weighted by atomic mass is 16.3. The van der Waals surface area contributed by atoms with Crippen molar-refractivity contribution in [2.75, 3.05) is 11.9 Å². The molecule has 3 aromatic rings. The number of hydrogen-bond acceptors (Lipinski definition) is 5. The van der Waals surface area contributed by atoms with Crippen molar-refractivity contribution in [1.82, 2.24) is 19.5 Å². The second kappa shape index (κ2) is 7.44. The van der Waals surface area contributed by atoms with E-state index >= 15 is 0 Å². The summed E-state index contributed by atoms with van der Waals surface area (Å²) in [5.41, 5.74) is 1.76. The quantitative estimate of drug-likeness (QED) is 0.742. The Bertz CT molecular complexity index is 960. The number of aryl methyl sites for hydroxylation is 1. The van der Waals surface area contributed by atoms with Gasteiger partial charge in [-0.2, -0.15) is 0 Å². The van der Waals surface area contributed by atoms with E-state index in [4.69, 9.17) is 0 Å². The van der Waals surface area contributed by atoms with Crippen LogP contribution in [0.4, 0.5) is 5.82 Å². The molecule has 0 aliphatic heterocycles. The molecule has 1 saturated carbocycles. The van der Waals surface area contributed by atoms with Gasteiger partial charge >= 0.3 is 0 Å². The molecule has 1 amide bonds. The van der Waals surface area contributed by atoms with Gasteiger partial charge < -0.3 is 15.0 Å². The molecule has 0 bridgehead atoms. The molecule has 0 unspecified atom stereocenters. The summed E-state index contributed by atoms with van der Waals surface area (Å²) in [4.78, 5) is 25.5. The van der Waals surface area contributed by atoms with Gasteiger partial charge in [0.25, 0.3) is 0 Å². The lowest BCUT2D eigenvalue weighted by Crippen LogP contribution is -2.28. The molecule has 0 atom stereocenters. The van der Waals surface area contributed by atoms with E-state index in [9.17, 15) is 9.90 Å². The van der Waals surface area contributed by atoms with Crippen molar-refractivity contribution in [2.24, 2.45) is 18.9 Å². The Balaban J connectivity index is 1.52. The Kier molecular flexibility index (Phi) is 4.85. The molecule has 7 heteroatoms. The van der Waals surface area contributed by atoms with E-state index in [1.54, 1.807) is 24.9 Å². The summed E-state index contributed by atoms with van der Waals surface area (Å²) >= 11 is 0. The Morgan fingerprint density at radius 1 is 1.15 bits per heavy atom. The Hall–Kier alpha value is -2.80. The van der Waals surface area contributed by atoms with Crippen LogP contribution in [-0.4, -0.2) is 37.1 Å². The maximum absolute atomic E-state index is 12.6. The molecule has 0 radical (unpaired) electrons. The van der Waals surface area contributed by atoms with Crippen LogP contribution in [0.5, 0.6) is 0 Å². The number of pyridine rings is 2. The van der Waals surface area contributed by atoms with E-state index < -0.39 is 0 Å². The maximum atomic E-state index is 12.6. The summed E-state index contributed by atoms with van der Waals surface area (Å²) in [5.74, 6) is 0.900. The van der Waals surface area contributed by atoms with Crippen molar-refractivity contribution >= 4 is 22.5 Å². The molecule has 3 aromatic heterocycles. The zero-order valence-electron chi connectivity index (χ0n) is 15.3. The van der Waals surface area contributed by atoms with Gasteiger partial charge in [-0.25, -0.2) is 9.97 Å². The molecule has 4 rings (SSSR count). The number of nitrogens with zero attached hydrogens (tertiary/aromatic N) is 4. The molecule has 1 aliphatic carbocycles. The minimum absolute atomic E-state index is 0.00672. The normalized spacial score (nSPS) is 19.9. The topological polar surface area (TPSA) is 92.9 Å². The monoisotopic (exact) mass is 365 g/mol. The average molecular weight is 365 g/mol. The van der Waals surface area contributed by atoms with Gasteiger partial charge in [0, 0.05) is 37.4 Å². The highest BCUT2D eigenvalue weighted by molar-refractivity contribution is 5.94. The predicted octanol–water partition coefficient (Wildman–Crippen LogP) is 2.77. The van der Waals surface area contributed by atoms with E-state index in [1.165, 1.54) is 0 Å². The molecular weight excluding hydrogens is 342 g/mol. The Labute approximate surface area is 157 Å². The van der Waals surface area contributed by atoms with Crippen LogP contribution in [0.2, 0.25) is 0 Å². The third kappa shape index (κ3) is 3.68. The largest absolute Gasteiger partial charge is 0.396 e. The fraction of sp³-hybridized carbons (Fsp3) is 0.400. The fourth-order valence-corrected chi connectivity index (χ4v) is 3.69. The van der Waals surface area contributed by atoms with Crippen LogP contribution in [0.25, 0.3) is 22.2 Å². The van der Waals surface area contributed by atoms with Gasteiger partial charge in [0.2, 0.25) is 5.91 Å². The number of anilines is 1. The fourth-order valence-electron chi connectivity index (χ4n) is 3.69. The lowest BCUT2D eigenvalue weighted by atomic mass is 9.82. The number of rotatable bonds is 4. The number of nitrogens with one attached hydrogen (secondary N) is 1. The van der Waals surface area contributed by atoms with Gasteiger partial charge in [-0.05, 0) is 49.1 Å². The summed E-state index contributed by atoms with van der Waals surface area (Å²) in [6, 6.07) is 3.87. The van der Waals surface area contributed by atoms with Crippen LogP contribution in [0.3, 0.4) is 0 Å². The van der Waals surface area contributed by atoms with E-state index in [0.29, 0.717) is 11.7 Å². The van der Waals surface area contributed by atoms with Crippen LogP contribution in [0.1, 0.15) is 25.7 Å². The maximum Gasteiger partial charge on any atom is 0.228 e. The average Bonchev–Trinajstić information content (AvgIpc) is 3.13. The summed E-state index contributed by atoms with van der Waals surface area (Å²) in [5, 5.41) is 14.1. The summed E-state index contributed by atoms with van der Waals surface area (Å²) < 4.78 is 1.92. The SMILES string of the molecule is Cn1cncc1-c1cc2cc(NC(=O)[C@H]3CC[C@H](CO)CC3)ncc2cn1. The number of imidazole rings is 1. The third-order valence-corrected chi connectivity index (χ3v) is 5.41. The lowest BCUT2D eigenvalue weighted by Gasteiger charge is -2.26. The molecule has 7 nitrogen and oxygen atoms in total. The summed E-state index contributed by atoms with van der Waals surface area (Å²) in [6.45, 7) is 0.216. The molecule has 3 heterocycles. The number of fused-ring (bicyclic) bond motifs is 1. The Morgan fingerprint density at radius 3 is 2.63 bits per heavy atom. The van der Waals surface area contributed by atoms with Crippen molar-refractivity contribution in [3.8, 4) is 11.4 Å². The number of aliphatic hydroxyl groups is 1. The number of carbonyl (C=O) groups is 1. The first-order valence-corrected chi connectivity index (χ1v) is 9.28. The minimum Gasteiger partial charge on any atom is -0.396 e. The number of aromatic nitrogens is 4. The lowest BCUT2D eigenvalue weighted by molar-refractivity contribution is -0.121. The molecule has 2 N–H and O–H groups in total. The molecule has 1 fully saturated rings. The molecule has 1 aliphatic rings. The van der Waals surface area contributed by atoms with Crippen LogP contribution in [0, 0.1) is 11.8 Å². The molecule has 140 valence electrons. The van der Waals surface area contributed by atoms with Crippen LogP contribution >= 0.6 is 0 Å². The van der Waals surface area contributed by atoms with Crippen molar-refractivity contribution in [3.05, 3.63) is 37.1 Å². The van der Waals surface area contributed by atoms with Crippen molar-refractivity contribution < 1.29 is 9.90 Å². The van der Waals surface area contributed by atoms with Gasteiger partial charge in [0.1, 0.15) is 5.82 Å². The summed E-state index contributed by atoms with van der Waals surface area (Å²) in [7, 11) is 1.93. The molecule has 0 saturated heterocycles. The van der Waals surface area contributed by atoms with Gasteiger partial charge in [0.15, 0.2) is 0 Å². The number of amides is 1. The van der Waals surface area contributed by atoms with E-state index in [-0.39, 0.29) is 18.4 Å².